The minimum Gasteiger partial charge on any atom is -0.336 e. The lowest BCUT2D eigenvalue weighted by molar-refractivity contribution is -0.123. The number of carbonyl (C=O) groups is 1. The van der Waals surface area contributed by atoms with Crippen LogP contribution in [0.15, 0.2) is 23.4 Å². The molecule has 0 radical (unpaired) electrons. The number of rotatable bonds is 4. The largest absolute Gasteiger partial charge is 0.336 e. The van der Waals surface area contributed by atoms with Crippen molar-refractivity contribution in [2.24, 2.45) is 5.92 Å². The third-order valence-corrected chi connectivity index (χ3v) is 3.13. The summed E-state index contributed by atoms with van der Waals surface area (Å²) in [4.78, 5) is 27.0. The highest BCUT2D eigenvalue weighted by atomic mass is 16.2. The number of hydrogen-bond donors (Lipinski definition) is 1. The molecule has 0 saturated heterocycles. The summed E-state index contributed by atoms with van der Waals surface area (Å²) >= 11 is 0. The molecule has 1 unspecified atom stereocenters. The molecule has 6 nitrogen and oxygen atoms in total. The van der Waals surface area contributed by atoms with Crippen LogP contribution in [0.5, 0.6) is 0 Å². The molecule has 1 aromatic rings. The molecule has 0 bridgehead atoms. The molecule has 1 aliphatic carbocycles. The van der Waals surface area contributed by atoms with Crippen LogP contribution in [0, 0.1) is 17.2 Å². The number of aromatic nitrogens is 2. The fourth-order valence-corrected chi connectivity index (χ4v) is 1.86. The minimum atomic E-state index is -0.830. The van der Waals surface area contributed by atoms with Gasteiger partial charge in [0.15, 0.2) is 0 Å². The second-order valence-electron chi connectivity index (χ2n) is 4.68. The van der Waals surface area contributed by atoms with Crippen molar-refractivity contribution >= 4 is 5.91 Å². The SMILES string of the molecule is CC(C#N)(NC(=O)Cn1cnccc1=O)C1CC1. The van der Waals surface area contributed by atoms with Crippen molar-refractivity contribution in [2.45, 2.75) is 31.8 Å². The van der Waals surface area contributed by atoms with Gasteiger partial charge in [0, 0.05) is 12.3 Å². The van der Waals surface area contributed by atoms with Crippen LogP contribution < -0.4 is 10.9 Å². The summed E-state index contributed by atoms with van der Waals surface area (Å²) in [7, 11) is 0. The zero-order valence-electron chi connectivity index (χ0n) is 10.1. The Morgan fingerprint density at radius 1 is 1.72 bits per heavy atom. The van der Waals surface area contributed by atoms with Crippen LogP contribution in [0.2, 0.25) is 0 Å². The van der Waals surface area contributed by atoms with Crippen LogP contribution >= 0.6 is 0 Å². The maximum Gasteiger partial charge on any atom is 0.253 e. The van der Waals surface area contributed by atoms with Crippen molar-refractivity contribution in [1.82, 2.24) is 14.9 Å². The molecule has 94 valence electrons. The lowest BCUT2D eigenvalue weighted by atomic mass is 9.98. The van der Waals surface area contributed by atoms with Gasteiger partial charge in [0.25, 0.3) is 5.56 Å². The molecule has 0 aliphatic heterocycles. The third kappa shape index (κ3) is 2.56. The van der Waals surface area contributed by atoms with Gasteiger partial charge in [-0.25, -0.2) is 4.98 Å². The fourth-order valence-electron chi connectivity index (χ4n) is 1.86. The zero-order valence-corrected chi connectivity index (χ0v) is 10.1. The van der Waals surface area contributed by atoms with Crippen molar-refractivity contribution in [3.8, 4) is 6.07 Å². The minimum absolute atomic E-state index is 0.114. The maximum atomic E-state index is 11.8. The predicted molar refractivity (Wildman–Crippen MR) is 63.4 cm³/mol. The van der Waals surface area contributed by atoms with Crippen LogP contribution in [-0.4, -0.2) is 21.0 Å². The van der Waals surface area contributed by atoms with Crippen molar-refractivity contribution in [3.63, 3.8) is 0 Å². The van der Waals surface area contributed by atoms with E-state index in [1.807, 2.05) is 0 Å². The van der Waals surface area contributed by atoms with E-state index in [0.29, 0.717) is 0 Å². The van der Waals surface area contributed by atoms with Gasteiger partial charge in [-0.2, -0.15) is 5.26 Å². The first-order valence-electron chi connectivity index (χ1n) is 5.78. The number of carbonyl (C=O) groups excluding carboxylic acids is 1. The molecule has 1 N–H and O–H groups in total. The van der Waals surface area contributed by atoms with Crippen LogP contribution in [0.4, 0.5) is 0 Å². The Hall–Kier alpha value is -2.16. The Labute approximate surface area is 104 Å². The first-order chi connectivity index (χ1) is 8.55. The molecule has 1 heterocycles. The van der Waals surface area contributed by atoms with Gasteiger partial charge in [-0.1, -0.05) is 0 Å². The second-order valence-corrected chi connectivity index (χ2v) is 4.68. The van der Waals surface area contributed by atoms with Gasteiger partial charge < -0.3 is 5.32 Å². The van der Waals surface area contributed by atoms with E-state index in [-0.39, 0.29) is 23.9 Å². The van der Waals surface area contributed by atoms with Crippen molar-refractivity contribution in [2.75, 3.05) is 0 Å². The van der Waals surface area contributed by atoms with Gasteiger partial charge >= 0.3 is 0 Å². The van der Waals surface area contributed by atoms with Crippen LogP contribution in [0.1, 0.15) is 19.8 Å². The summed E-state index contributed by atoms with van der Waals surface area (Å²) < 4.78 is 1.21. The van der Waals surface area contributed by atoms with E-state index in [1.165, 1.54) is 23.2 Å². The van der Waals surface area contributed by atoms with Crippen LogP contribution in [0.3, 0.4) is 0 Å². The highest BCUT2D eigenvalue weighted by molar-refractivity contribution is 5.77. The Bertz CT molecular complexity index is 556. The van der Waals surface area contributed by atoms with Gasteiger partial charge in [-0.05, 0) is 25.7 Å². The molecule has 0 aromatic carbocycles. The molecule has 1 amide bonds. The second kappa shape index (κ2) is 4.61. The Balaban J connectivity index is 2.03. The van der Waals surface area contributed by atoms with E-state index in [2.05, 4.69) is 16.4 Å². The van der Waals surface area contributed by atoms with E-state index in [0.717, 1.165) is 12.8 Å². The smallest absolute Gasteiger partial charge is 0.253 e. The number of hydrogen-bond acceptors (Lipinski definition) is 4. The van der Waals surface area contributed by atoms with Crippen LogP contribution in [0.25, 0.3) is 0 Å². The van der Waals surface area contributed by atoms with Gasteiger partial charge in [-0.15, -0.1) is 0 Å². The monoisotopic (exact) mass is 246 g/mol. The molecule has 1 atom stereocenters. The van der Waals surface area contributed by atoms with Gasteiger partial charge in [-0.3, -0.25) is 14.2 Å². The summed E-state index contributed by atoms with van der Waals surface area (Å²) in [6.45, 7) is 1.60. The molecule has 1 aromatic heterocycles. The Morgan fingerprint density at radius 3 is 3.00 bits per heavy atom. The topological polar surface area (TPSA) is 87.8 Å². The summed E-state index contributed by atoms with van der Waals surface area (Å²) in [6, 6.07) is 3.43. The third-order valence-electron chi connectivity index (χ3n) is 3.13. The predicted octanol–water partition coefficient (Wildman–Crippen LogP) is 0.0518. The molecule has 1 fully saturated rings. The molecule has 0 spiro atoms. The highest BCUT2D eigenvalue weighted by Crippen LogP contribution is 2.39. The fraction of sp³-hybridized carbons (Fsp3) is 0.500. The number of nitrogens with zero attached hydrogens (tertiary/aromatic N) is 3. The van der Waals surface area contributed by atoms with Crippen molar-refractivity contribution in [3.05, 3.63) is 28.9 Å². The lowest BCUT2D eigenvalue weighted by Crippen LogP contribution is -2.48. The van der Waals surface area contributed by atoms with E-state index in [9.17, 15) is 9.59 Å². The molecule has 2 rings (SSSR count). The summed E-state index contributed by atoms with van der Waals surface area (Å²) in [6.07, 6.45) is 4.59. The van der Waals surface area contributed by atoms with E-state index in [1.54, 1.807) is 6.92 Å². The van der Waals surface area contributed by atoms with Gasteiger partial charge in [0.2, 0.25) is 5.91 Å². The molecular weight excluding hydrogens is 232 g/mol. The summed E-state index contributed by atoms with van der Waals surface area (Å²) in [5.74, 6) is -0.127. The maximum absolute atomic E-state index is 11.8. The first-order valence-corrected chi connectivity index (χ1v) is 5.78. The van der Waals surface area contributed by atoms with E-state index >= 15 is 0 Å². The average molecular weight is 246 g/mol. The summed E-state index contributed by atoms with van der Waals surface area (Å²) in [5.41, 5.74) is -1.12. The van der Waals surface area contributed by atoms with Crippen LogP contribution in [-0.2, 0) is 11.3 Å². The van der Waals surface area contributed by atoms with E-state index < -0.39 is 5.54 Å². The normalized spacial score (nSPS) is 17.6. The van der Waals surface area contributed by atoms with Crippen molar-refractivity contribution in [1.29, 1.82) is 5.26 Å². The average Bonchev–Trinajstić information content (AvgIpc) is 3.16. The molecule has 6 heteroatoms. The number of nitriles is 1. The highest BCUT2D eigenvalue weighted by Gasteiger charge is 2.42. The molecule has 1 saturated carbocycles. The quantitative estimate of drug-likeness (QED) is 0.813. The standard InChI is InChI=1S/C12H14N4O2/c1-12(7-13,9-2-3-9)15-10(17)6-16-8-14-5-4-11(16)18/h4-5,8-9H,2-3,6H2,1H3,(H,15,17). The molecule has 18 heavy (non-hydrogen) atoms. The first kappa shape index (κ1) is 12.3. The Kier molecular flexibility index (Phi) is 3.15. The van der Waals surface area contributed by atoms with E-state index in [4.69, 9.17) is 5.26 Å². The lowest BCUT2D eigenvalue weighted by Gasteiger charge is -2.22. The Morgan fingerprint density at radius 2 is 2.44 bits per heavy atom. The summed E-state index contributed by atoms with van der Waals surface area (Å²) in [5, 5.41) is 11.8. The van der Waals surface area contributed by atoms with Gasteiger partial charge in [0.05, 0.1) is 12.4 Å². The zero-order chi connectivity index (χ0) is 13.2. The van der Waals surface area contributed by atoms with Gasteiger partial charge in [0.1, 0.15) is 12.1 Å². The van der Waals surface area contributed by atoms with Crippen molar-refractivity contribution < 1.29 is 4.79 Å². The molecule has 1 aliphatic rings. The number of amides is 1. The number of nitrogens with one attached hydrogen (secondary N) is 1. The molecular formula is C12H14N4O2.